The monoisotopic (exact) mass is 257 g/mol. The van der Waals surface area contributed by atoms with Crippen molar-refractivity contribution < 1.29 is 14.6 Å². The molecule has 0 aliphatic carbocycles. The minimum Gasteiger partial charge on any atom is -0.388 e. The lowest BCUT2D eigenvalue weighted by atomic mass is 9.89. The zero-order valence-corrected chi connectivity index (χ0v) is 11.9. The normalized spacial score (nSPS) is 30.8. The zero-order chi connectivity index (χ0) is 13.2. The van der Waals surface area contributed by atoms with E-state index < -0.39 is 5.60 Å². The van der Waals surface area contributed by atoms with Crippen LogP contribution in [-0.2, 0) is 9.47 Å². The van der Waals surface area contributed by atoms with Gasteiger partial charge in [-0.15, -0.1) is 0 Å². The van der Waals surface area contributed by atoms with E-state index in [0.29, 0.717) is 13.2 Å². The van der Waals surface area contributed by atoms with Crippen molar-refractivity contribution in [3.05, 3.63) is 0 Å². The molecule has 4 heteroatoms. The van der Waals surface area contributed by atoms with Crippen LogP contribution < -0.4 is 5.32 Å². The molecule has 0 saturated carbocycles. The van der Waals surface area contributed by atoms with Crippen LogP contribution in [0.5, 0.6) is 0 Å². The second kappa shape index (κ2) is 5.45. The maximum Gasteiger partial charge on any atom is 0.0875 e. The first-order valence-corrected chi connectivity index (χ1v) is 7.12. The summed E-state index contributed by atoms with van der Waals surface area (Å²) < 4.78 is 11.8. The van der Waals surface area contributed by atoms with Gasteiger partial charge in [-0.3, -0.25) is 0 Å². The van der Waals surface area contributed by atoms with Crippen LogP contribution in [0.3, 0.4) is 0 Å². The molecule has 4 nitrogen and oxygen atoms in total. The van der Waals surface area contributed by atoms with Crippen molar-refractivity contribution in [2.75, 3.05) is 26.3 Å². The predicted octanol–water partition coefficient (Wildman–Crippen LogP) is 1.32. The van der Waals surface area contributed by atoms with Crippen LogP contribution >= 0.6 is 0 Å². The van der Waals surface area contributed by atoms with Crippen molar-refractivity contribution in [1.29, 1.82) is 0 Å². The van der Waals surface area contributed by atoms with E-state index in [9.17, 15) is 5.11 Å². The van der Waals surface area contributed by atoms with E-state index in [1.165, 1.54) is 0 Å². The fourth-order valence-corrected chi connectivity index (χ4v) is 2.59. The third kappa shape index (κ3) is 3.23. The summed E-state index contributed by atoms with van der Waals surface area (Å²) in [6.07, 6.45) is 3.28. The number of nitrogens with one attached hydrogen (secondary N) is 1. The molecule has 0 bridgehead atoms. The van der Waals surface area contributed by atoms with Gasteiger partial charge in [-0.2, -0.15) is 0 Å². The van der Waals surface area contributed by atoms with E-state index in [0.717, 1.165) is 32.4 Å². The molecular formula is C14H27NO3. The van der Waals surface area contributed by atoms with Gasteiger partial charge in [0.2, 0.25) is 0 Å². The lowest BCUT2D eigenvalue weighted by Crippen LogP contribution is -2.42. The number of hydrogen-bond donors (Lipinski definition) is 2. The zero-order valence-electron chi connectivity index (χ0n) is 11.9. The summed E-state index contributed by atoms with van der Waals surface area (Å²) in [5.41, 5.74) is -0.705. The standard InChI is InChI=1S/C14H27NO3/c1-11(2)13(3,16)10-17-12-8-14(18-9-12)4-6-15-7-5-14/h11-12,15-16H,4-10H2,1-3H3. The Morgan fingerprint density at radius 3 is 2.72 bits per heavy atom. The van der Waals surface area contributed by atoms with Gasteiger partial charge in [0.25, 0.3) is 0 Å². The van der Waals surface area contributed by atoms with Crippen molar-refractivity contribution in [3.63, 3.8) is 0 Å². The Bertz CT molecular complexity index is 272. The SMILES string of the molecule is CC(C)C(C)(O)COC1COC2(CCNCC2)C1. The molecule has 0 radical (unpaired) electrons. The van der Waals surface area contributed by atoms with E-state index in [-0.39, 0.29) is 17.6 Å². The lowest BCUT2D eigenvalue weighted by Gasteiger charge is -2.33. The van der Waals surface area contributed by atoms with Gasteiger partial charge in [0.15, 0.2) is 0 Å². The van der Waals surface area contributed by atoms with E-state index in [2.05, 4.69) is 5.32 Å². The molecule has 1 spiro atoms. The molecule has 2 fully saturated rings. The molecule has 0 amide bonds. The summed E-state index contributed by atoms with van der Waals surface area (Å²) in [7, 11) is 0. The fraction of sp³-hybridized carbons (Fsp3) is 1.00. The van der Waals surface area contributed by atoms with Crippen LogP contribution in [0.2, 0.25) is 0 Å². The Morgan fingerprint density at radius 1 is 1.44 bits per heavy atom. The molecule has 2 N–H and O–H groups in total. The predicted molar refractivity (Wildman–Crippen MR) is 70.6 cm³/mol. The molecule has 2 heterocycles. The largest absolute Gasteiger partial charge is 0.388 e. The summed E-state index contributed by atoms with van der Waals surface area (Å²) >= 11 is 0. The highest BCUT2D eigenvalue weighted by molar-refractivity contribution is 4.93. The smallest absolute Gasteiger partial charge is 0.0875 e. The Kier molecular flexibility index (Phi) is 4.32. The van der Waals surface area contributed by atoms with Crippen LogP contribution in [0.4, 0.5) is 0 Å². The van der Waals surface area contributed by atoms with Gasteiger partial charge in [0, 0.05) is 6.42 Å². The first-order valence-electron chi connectivity index (χ1n) is 7.12. The van der Waals surface area contributed by atoms with Gasteiger partial charge < -0.3 is 19.9 Å². The molecule has 2 unspecified atom stereocenters. The van der Waals surface area contributed by atoms with Crippen molar-refractivity contribution in [1.82, 2.24) is 5.32 Å². The third-order valence-corrected chi connectivity index (χ3v) is 4.54. The van der Waals surface area contributed by atoms with Crippen LogP contribution in [-0.4, -0.2) is 48.7 Å². The van der Waals surface area contributed by atoms with Gasteiger partial charge in [0.05, 0.1) is 30.5 Å². The Hall–Kier alpha value is -0.160. The maximum atomic E-state index is 10.2. The second-order valence-electron chi connectivity index (χ2n) is 6.39. The average Bonchev–Trinajstić information content (AvgIpc) is 2.71. The van der Waals surface area contributed by atoms with Crippen molar-refractivity contribution in [2.24, 2.45) is 5.92 Å². The van der Waals surface area contributed by atoms with Crippen molar-refractivity contribution >= 4 is 0 Å². The lowest BCUT2D eigenvalue weighted by molar-refractivity contribution is -0.0868. The Balaban J connectivity index is 1.79. The summed E-state index contributed by atoms with van der Waals surface area (Å²) in [6, 6.07) is 0. The van der Waals surface area contributed by atoms with E-state index >= 15 is 0 Å². The van der Waals surface area contributed by atoms with Gasteiger partial charge in [0.1, 0.15) is 0 Å². The van der Waals surface area contributed by atoms with Crippen LogP contribution in [0, 0.1) is 5.92 Å². The molecule has 2 atom stereocenters. The number of hydrogen-bond acceptors (Lipinski definition) is 4. The highest BCUT2D eigenvalue weighted by Crippen LogP contribution is 2.35. The van der Waals surface area contributed by atoms with Crippen LogP contribution in [0.1, 0.15) is 40.0 Å². The molecule has 0 aromatic rings. The fourth-order valence-electron chi connectivity index (χ4n) is 2.59. The van der Waals surface area contributed by atoms with Crippen molar-refractivity contribution in [2.45, 2.75) is 57.3 Å². The minimum absolute atomic E-state index is 0.0413. The molecule has 2 rings (SSSR count). The highest BCUT2D eigenvalue weighted by atomic mass is 16.6. The molecule has 106 valence electrons. The minimum atomic E-state index is -0.746. The number of aliphatic hydroxyl groups is 1. The molecule has 2 saturated heterocycles. The number of rotatable bonds is 4. The molecule has 0 aromatic heterocycles. The molecule has 0 aromatic carbocycles. The van der Waals surface area contributed by atoms with Gasteiger partial charge >= 0.3 is 0 Å². The van der Waals surface area contributed by atoms with Crippen LogP contribution in [0.15, 0.2) is 0 Å². The summed E-state index contributed by atoms with van der Waals surface area (Å²) in [5.74, 6) is 0.202. The molecule has 2 aliphatic heterocycles. The Labute approximate surface area is 110 Å². The summed E-state index contributed by atoms with van der Waals surface area (Å²) in [5, 5.41) is 13.5. The third-order valence-electron chi connectivity index (χ3n) is 4.54. The first kappa shape index (κ1) is 14.3. The topological polar surface area (TPSA) is 50.7 Å². The first-order chi connectivity index (χ1) is 8.44. The molecular weight excluding hydrogens is 230 g/mol. The van der Waals surface area contributed by atoms with E-state index in [1.807, 2.05) is 20.8 Å². The number of piperidine rings is 1. The quantitative estimate of drug-likeness (QED) is 0.797. The van der Waals surface area contributed by atoms with Gasteiger partial charge in [-0.1, -0.05) is 13.8 Å². The highest BCUT2D eigenvalue weighted by Gasteiger charge is 2.42. The van der Waals surface area contributed by atoms with Gasteiger partial charge in [-0.25, -0.2) is 0 Å². The van der Waals surface area contributed by atoms with Crippen molar-refractivity contribution in [3.8, 4) is 0 Å². The second-order valence-corrected chi connectivity index (χ2v) is 6.39. The summed E-state index contributed by atoms with van der Waals surface area (Å²) in [6.45, 7) is 9.02. The number of ether oxygens (including phenoxy) is 2. The van der Waals surface area contributed by atoms with E-state index in [4.69, 9.17) is 9.47 Å². The maximum absolute atomic E-state index is 10.2. The van der Waals surface area contributed by atoms with Crippen LogP contribution in [0.25, 0.3) is 0 Å². The molecule has 18 heavy (non-hydrogen) atoms. The van der Waals surface area contributed by atoms with Gasteiger partial charge in [-0.05, 0) is 38.8 Å². The Morgan fingerprint density at radius 2 is 2.11 bits per heavy atom. The van der Waals surface area contributed by atoms with E-state index in [1.54, 1.807) is 0 Å². The molecule has 2 aliphatic rings. The average molecular weight is 257 g/mol. The summed E-state index contributed by atoms with van der Waals surface area (Å²) in [4.78, 5) is 0.